The number of hydrogen-bond donors (Lipinski definition) is 0. The lowest BCUT2D eigenvalue weighted by molar-refractivity contribution is -0.129. The highest BCUT2D eigenvalue weighted by atomic mass is 35.5. The molecule has 0 fully saturated rings. The summed E-state index contributed by atoms with van der Waals surface area (Å²) in [6.07, 6.45) is 1.44. The Balaban J connectivity index is 1.83. The van der Waals surface area contributed by atoms with Crippen molar-refractivity contribution in [3.63, 3.8) is 0 Å². The largest absolute Gasteiger partial charge is 0.494 e. The van der Waals surface area contributed by atoms with Crippen LogP contribution in [0, 0.1) is 0 Å². The second-order valence-electron chi connectivity index (χ2n) is 6.96. The number of hydrogen-bond acceptors (Lipinski definition) is 2. The van der Waals surface area contributed by atoms with E-state index in [0.29, 0.717) is 17.4 Å². The van der Waals surface area contributed by atoms with Crippen molar-refractivity contribution in [3.05, 3.63) is 64.7 Å². The van der Waals surface area contributed by atoms with E-state index in [2.05, 4.69) is 0 Å². The average Bonchev–Trinajstić information content (AvgIpc) is 2.65. The van der Waals surface area contributed by atoms with Gasteiger partial charge in [0.1, 0.15) is 5.75 Å². The number of amides is 1. The Bertz CT molecular complexity index is 781. The molecule has 0 aromatic heterocycles. The van der Waals surface area contributed by atoms with Crippen molar-refractivity contribution in [2.24, 2.45) is 0 Å². The third kappa shape index (κ3) is 7.12. The van der Waals surface area contributed by atoms with E-state index in [4.69, 9.17) is 16.3 Å². The minimum atomic E-state index is -2.99. The summed E-state index contributed by atoms with van der Waals surface area (Å²) in [4.78, 5) is 13.0. The second kappa shape index (κ2) is 10.4. The molecule has 2 aromatic rings. The number of rotatable bonds is 10. The Morgan fingerprint density at radius 3 is 2.57 bits per heavy atom. The second-order valence-corrected chi connectivity index (χ2v) is 7.39. The highest BCUT2D eigenvalue weighted by Crippen LogP contribution is 2.35. The zero-order valence-corrected chi connectivity index (χ0v) is 17.0. The van der Waals surface area contributed by atoms with Crippen LogP contribution in [-0.4, -0.2) is 31.5 Å². The van der Waals surface area contributed by atoms with E-state index in [9.17, 15) is 13.6 Å². The van der Waals surface area contributed by atoms with Gasteiger partial charge in [-0.25, -0.2) is 8.78 Å². The van der Waals surface area contributed by atoms with E-state index in [1.54, 1.807) is 26.2 Å². The minimum Gasteiger partial charge on any atom is -0.494 e. The molecule has 0 saturated carbocycles. The number of alkyl halides is 2. The molecule has 0 radical (unpaired) electrons. The Morgan fingerprint density at radius 2 is 1.86 bits per heavy atom. The molecule has 28 heavy (non-hydrogen) atoms. The van der Waals surface area contributed by atoms with Crippen LogP contribution in [0.2, 0.25) is 5.02 Å². The lowest BCUT2D eigenvalue weighted by Gasteiger charge is -2.18. The van der Waals surface area contributed by atoms with Gasteiger partial charge in [0.2, 0.25) is 5.91 Å². The molecule has 0 bridgehead atoms. The monoisotopic (exact) mass is 409 g/mol. The molecule has 0 unspecified atom stereocenters. The first kappa shape index (κ1) is 22.2. The van der Waals surface area contributed by atoms with Gasteiger partial charge in [0.25, 0.3) is 5.92 Å². The van der Waals surface area contributed by atoms with Crippen molar-refractivity contribution < 1.29 is 18.3 Å². The molecule has 0 atom stereocenters. The first-order valence-electron chi connectivity index (χ1n) is 9.34. The zero-order valence-electron chi connectivity index (χ0n) is 16.3. The highest BCUT2D eigenvalue weighted by Gasteiger charge is 2.31. The van der Waals surface area contributed by atoms with Crippen molar-refractivity contribution >= 4 is 17.5 Å². The molecular weight excluding hydrogens is 384 g/mol. The molecule has 2 rings (SSSR count). The summed E-state index contributed by atoms with van der Waals surface area (Å²) in [5, 5.41) is 0.695. The fourth-order valence-corrected chi connectivity index (χ4v) is 3.01. The molecule has 0 aliphatic rings. The molecule has 0 aliphatic carbocycles. The van der Waals surface area contributed by atoms with Gasteiger partial charge in [0, 0.05) is 37.5 Å². The highest BCUT2D eigenvalue weighted by molar-refractivity contribution is 6.30. The third-order valence-corrected chi connectivity index (χ3v) is 4.64. The van der Waals surface area contributed by atoms with Crippen LogP contribution in [0.5, 0.6) is 5.75 Å². The molecule has 152 valence electrons. The van der Waals surface area contributed by atoms with Gasteiger partial charge in [-0.05, 0) is 49.1 Å². The summed E-state index contributed by atoms with van der Waals surface area (Å²) in [6.45, 7) is 0.429. The number of benzene rings is 2. The Labute approximate surface area is 170 Å². The van der Waals surface area contributed by atoms with Crippen molar-refractivity contribution in [2.45, 2.75) is 38.0 Å². The molecular formula is C22H26ClF2NO2. The van der Waals surface area contributed by atoms with Crippen molar-refractivity contribution in [1.29, 1.82) is 0 Å². The normalized spacial score (nSPS) is 11.3. The van der Waals surface area contributed by atoms with Crippen LogP contribution in [0.3, 0.4) is 0 Å². The lowest BCUT2D eigenvalue weighted by Crippen LogP contribution is -2.22. The van der Waals surface area contributed by atoms with Crippen molar-refractivity contribution in [2.75, 3.05) is 20.7 Å². The van der Waals surface area contributed by atoms with E-state index in [-0.39, 0.29) is 30.7 Å². The summed E-state index contributed by atoms with van der Waals surface area (Å²) < 4.78 is 34.5. The van der Waals surface area contributed by atoms with Crippen LogP contribution >= 0.6 is 11.6 Å². The molecule has 1 amide bonds. The lowest BCUT2D eigenvalue weighted by atomic mass is 10.0. The first-order valence-corrected chi connectivity index (χ1v) is 9.71. The predicted octanol–water partition coefficient (Wildman–Crippen LogP) is 5.70. The van der Waals surface area contributed by atoms with Gasteiger partial charge in [-0.2, -0.15) is 0 Å². The maximum Gasteiger partial charge on any atom is 0.273 e. The van der Waals surface area contributed by atoms with E-state index < -0.39 is 5.92 Å². The number of ether oxygens (including phenoxy) is 1. The van der Waals surface area contributed by atoms with Gasteiger partial charge in [-0.3, -0.25) is 4.79 Å². The summed E-state index contributed by atoms with van der Waals surface area (Å²) in [6, 6.07) is 13.6. The standard InChI is InChI=1S/C22H26ClF2NO2/c1-26(2)21(27)12-5-13-22(24,25)18-9-4-11-20(16-18)28-14-6-8-17-7-3-10-19(23)15-17/h3-4,7,9-11,15-16H,5-6,8,12-14H2,1-2H3. The van der Waals surface area contributed by atoms with Crippen LogP contribution < -0.4 is 4.74 Å². The molecule has 0 heterocycles. The van der Waals surface area contributed by atoms with Crippen LogP contribution in [0.4, 0.5) is 8.78 Å². The van der Waals surface area contributed by atoms with Crippen LogP contribution in [0.15, 0.2) is 48.5 Å². The Morgan fingerprint density at radius 1 is 1.11 bits per heavy atom. The topological polar surface area (TPSA) is 29.5 Å². The van der Waals surface area contributed by atoms with Crippen LogP contribution in [0.1, 0.15) is 36.8 Å². The maximum atomic E-state index is 14.4. The number of aryl methyl sites for hydroxylation is 1. The van der Waals surface area contributed by atoms with E-state index >= 15 is 0 Å². The molecule has 0 aliphatic heterocycles. The average molecular weight is 410 g/mol. The number of carbonyl (C=O) groups is 1. The summed E-state index contributed by atoms with van der Waals surface area (Å²) in [5.74, 6) is -2.72. The predicted molar refractivity (Wildman–Crippen MR) is 108 cm³/mol. The number of nitrogens with zero attached hydrogens (tertiary/aromatic N) is 1. The van der Waals surface area contributed by atoms with Gasteiger partial charge >= 0.3 is 0 Å². The fraction of sp³-hybridized carbons (Fsp3) is 0.409. The van der Waals surface area contributed by atoms with Crippen molar-refractivity contribution in [3.8, 4) is 5.75 Å². The summed E-state index contributed by atoms with van der Waals surface area (Å²) in [5.41, 5.74) is 1.03. The molecule has 0 N–H and O–H groups in total. The first-order chi connectivity index (χ1) is 13.3. The molecule has 0 saturated heterocycles. The SMILES string of the molecule is CN(C)C(=O)CCCC(F)(F)c1cccc(OCCCc2cccc(Cl)c2)c1. The van der Waals surface area contributed by atoms with E-state index in [0.717, 1.165) is 18.4 Å². The van der Waals surface area contributed by atoms with E-state index in [1.807, 2.05) is 24.3 Å². The van der Waals surface area contributed by atoms with E-state index in [1.165, 1.54) is 17.0 Å². The van der Waals surface area contributed by atoms with Gasteiger partial charge < -0.3 is 9.64 Å². The maximum absolute atomic E-state index is 14.4. The Hall–Kier alpha value is -2.14. The zero-order chi connectivity index (χ0) is 20.6. The molecule has 3 nitrogen and oxygen atoms in total. The molecule has 6 heteroatoms. The fourth-order valence-electron chi connectivity index (χ4n) is 2.80. The summed E-state index contributed by atoms with van der Waals surface area (Å²) in [7, 11) is 3.24. The van der Waals surface area contributed by atoms with Gasteiger partial charge in [0.05, 0.1) is 6.61 Å². The third-order valence-electron chi connectivity index (χ3n) is 4.40. The van der Waals surface area contributed by atoms with Crippen LogP contribution in [-0.2, 0) is 17.1 Å². The minimum absolute atomic E-state index is 0.0860. The molecule has 2 aromatic carbocycles. The number of carbonyl (C=O) groups excluding carboxylic acids is 1. The van der Waals surface area contributed by atoms with Gasteiger partial charge in [-0.15, -0.1) is 0 Å². The van der Waals surface area contributed by atoms with Gasteiger partial charge in [-0.1, -0.05) is 35.9 Å². The van der Waals surface area contributed by atoms with Crippen molar-refractivity contribution in [1.82, 2.24) is 4.90 Å². The smallest absolute Gasteiger partial charge is 0.273 e. The quantitative estimate of drug-likeness (QED) is 0.471. The van der Waals surface area contributed by atoms with Gasteiger partial charge in [0.15, 0.2) is 0 Å². The molecule has 0 spiro atoms. The summed E-state index contributed by atoms with van der Waals surface area (Å²) >= 11 is 5.96. The van der Waals surface area contributed by atoms with Crippen LogP contribution in [0.25, 0.3) is 0 Å². The Kier molecular flexibility index (Phi) is 8.24. The number of halogens is 3.